The van der Waals surface area contributed by atoms with Crippen LogP contribution in [0, 0.1) is 0 Å². The number of carbonyl (C=O) groups is 1. The van der Waals surface area contributed by atoms with Crippen molar-refractivity contribution in [2.45, 2.75) is 0 Å². The molecule has 2 heterocycles. The zero-order valence-electron chi connectivity index (χ0n) is 10.7. The summed E-state index contributed by atoms with van der Waals surface area (Å²) in [5, 5.41) is 8.98. The maximum atomic E-state index is 11.0. The molecule has 6 heteroatoms. The van der Waals surface area contributed by atoms with E-state index in [0.717, 1.165) is 5.56 Å². The van der Waals surface area contributed by atoms with Gasteiger partial charge in [0.05, 0.1) is 5.56 Å². The number of nitrogens with zero attached hydrogens (tertiary/aromatic N) is 1. The van der Waals surface area contributed by atoms with E-state index in [2.05, 4.69) is 4.98 Å². The highest BCUT2D eigenvalue weighted by Gasteiger charge is 2.17. The maximum Gasteiger partial charge on any atom is 0.335 e. The average molecular weight is 283 g/mol. The van der Waals surface area contributed by atoms with Crippen LogP contribution in [0.25, 0.3) is 22.6 Å². The van der Waals surface area contributed by atoms with E-state index in [1.54, 1.807) is 18.2 Å². The predicted molar refractivity (Wildman–Crippen MR) is 72.5 cm³/mol. The van der Waals surface area contributed by atoms with Gasteiger partial charge in [0, 0.05) is 5.56 Å². The summed E-state index contributed by atoms with van der Waals surface area (Å²) >= 11 is 0. The second-order valence-electron chi connectivity index (χ2n) is 4.57. The Morgan fingerprint density at radius 1 is 1.10 bits per heavy atom. The molecule has 3 aromatic rings. The molecule has 1 aliphatic rings. The number of benzene rings is 2. The van der Waals surface area contributed by atoms with Gasteiger partial charge in [-0.25, -0.2) is 9.78 Å². The summed E-state index contributed by atoms with van der Waals surface area (Å²) in [6.45, 7) is 0.203. The minimum Gasteiger partial charge on any atom is -0.478 e. The largest absolute Gasteiger partial charge is 0.478 e. The van der Waals surface area contributed by atoms with Crippen molar-refractivity contribution in [1.82, 2.24) is 4.98 Å². The first-order valence-electron chi connectivity index (χ1n) is 6.24. The van der Waals surface area contributed by atoms with E-state index >= 15 is 0 Å². The van der Waals surface area contributed by atoms with E-state index in [1.807, 2.05) is 6.07 Å². The first-order valence-corrected chi connectivity index (χ1v) is 6.24. The van der Waals surface area contributed by atoms with E-state index in [1.165, 1.54) is 12.1 Å². The normalized spacial score (nSPS) is 12.8. The number of carboxylic acids is 1. The molecule has 1 aromatic heterocycles. The molecule has 21 heavy (non-hydrogen) atoms. The molecule has 0 saturated heterocycles. The third-order valence-corrected chi connectivity index (χ3v) is 3.25. The van der Waals surface area contributed by atoms with Gasteiger partial charge in [0.2, 0.25) is 12.7 Å². The Morgan fingerprint density at radius 2 is 1.95 bits per heavy atom. The van der Waals surface area contributed by atoms with Gasteiger partial charge >= 0.3 is 5.97 Å². The van der Waals surface area contributed by atoms with Gasteiger partial charge in [-0.05, 0) is 36.4 Å². The molecule has 0 atom stereocenters. The number of fused-ring (bicyclic) bond motifs is 2. The monoisotopic (exact) mass is 283 g/mol. The van der Waals surface area contributed by atoms with Crippen LogP contribution in [0.1, 0.15) is 10.4 Å². The van der Waals surface area contributed by atoms with Crippen LogP contribution in [0.15, 0.2) is 40.8 Å². The van der Waals surface area contributed by atoms with Crippen LogP contribution in [0.2, 0.25) is 0 Å². The lowest BCUT2D eigenvalue weighted by Crippen LogP contribution is -1.94. The molecule has 0 aliphatic carbocycles. The summed E-state index contributed by atoms with van der Waals surface area (Å²) in [4.78, 5) is 15.3. The molecule has 4 rings (SSSR count). The van der Waals surface area contributed by atoms with Gasteiger partial charge in [-0.2, -0.15) is 0 Å². The zero-order valence-corrected chi connectivity index (χ0v) is 10.7. The Hall–Kier alpha value is -3.02. The molecular weight excluding hydrogens is 274 g/mol. The van der Waals surface area contributed by atoms with Gasteiger partial charge in [-0.1, -0.05) is 0 Å². The van der Waals surface area contributed by atoms with E-state index in [9.17, 15) is 4.79 Å². The fourth-order valence-corrected chi connectivity index (χ4v) is 2.21. The Morgan fingerprint density at radius 3 is 2.81 bits per heavy atom. The van der Waals surface area contributed by atoms with Crippen molar-refractivity contribution in [1.29, 1.82) is 0 Å². The third-order valence-electron chi connectivity index (χ3n) is 3.25. The minimum absolute atomic E-state index is 0.163. The van der Waals surface area contributed by atoms with Crippen LogP contribution in [0.3, 0.4) is 0 Å². The number of oxazole rings is 1. The van der Waals surface area contributed by atoms with Crippen molar-refractivity contribution < 1.29 is 23.8 Å². The lowest BCUT2D eigenvalue weighted by atomic mass is 10.2. The lowest BCUT2D eigenvalue weighted by Gasteiger charge is -1.98. The fraction of sp³-hybridized carbons (Fsp3) is 0.0667. The minimum atomic E-state index is -1.00. The van der Waals surface area contributed by atoms with E-state index < -0.39 is 5.97 Å². The molecule has 6 nitrogen and oxygen atoms in total. The molecule has 0 bridgehead atoms. The molecule has 104 valence electrons. The number of hydrogen-bond acceptors (Lipinski definition) is 5. The van der Waals surface area contributed by atoms with E-state index in [0.29, 0.717) is 28.5 Å². The highest BCUT2D eigenvalue weighted by Crippen LogP contribution is 2.36. The molecule has 2 aromatic carbocycles. The number of aromatic carboxylic acids is 1. The first-order chi connectivity index (χ1) is 10.2. The lowest BCUT2D eigenvalue weighted by molar-refractivity contribution is 0.0697. The summed E-state index contributed by atoms with van der Waals surface area (Å²) in [6.07, 6.45) is 0. The van der Waals surface area contributed by atoms with E-state index in [-0.39, 0.29) is 12.4 Å². The molecular formula is C15H9NO5. The fourth-order valence-electron chi connectivity index (χ4n) is 2.21. The highest BCUT2D eigenvalue weighted by molar-refractivity contribution is 5.92. The molecule has 1 aliphatic heterocycles. The van der Waals surface area contributed by atoms with Crippen molar-refractivity contribution >= 4 is 17.1 Å². The third kappa shape index (κ3) is 1.88. The molecule has 0 fully saturated rings. The second kappa shape index (κ2) is 4.24. The van der Waals surface area contributed by atoms with Gasteiger partial charge in [0.25, 0.3) is 0 Å². The second-order valence-corrected chi connectivity index (χ2v) is 4.57. The summed E-state index contributed by atoms with van der Waals surface area (Å²) in [5.41, 5.74) is 1.94. The van der Waals surface area contributed by atoms with Crippen molar-refractivity contribution in [2.75, 3.05) is 6.79 Å². The van der Waals surface area contributed by atoms with Crippen LogP contribution in [0.5, 0.6) is 11.5 Å². The molecule has 0 amide bonds. The standard InChI is InChI=1S/C15H9NO5/c17-15(18)9-1-3-10-12(6-9)21-14(16-10)8-2-4-11-13(5-8)20-7-19-11/h1-6H,7H2,(H,17,18). The molecule has 1 N–H and O–H groups in total. The summed E-state index contributed by atoms with van der Waals surface area (Å²) in [5.74, 6) is 0.729. The van der Waals surface area contributed by atoms with Gasteiger partial charge in [-0.15, -0.1) is 0 Å². The highest BCUT2D eigenvalue weighted by atomic mass is 16.7. The van der Waals surface area contributed by atoms with Crippen LogP contribution in [-0.4, -0.2) is 22.9 Å². The quantitative estimate of drug-likeness (QED) is 0.778. The molecule has 0 saturated carbocycles. The van der Waals surface area contributed by atoms with E-state index in [4.69, 9.17) is 19.0 Å². The first kappa shape index (κ1) is 11.8. The van der Waals surface area contributed by atoms with Crippen LogP contribution < -0.4 is 9.47 Å². The number of ether oxygens (including phenoxy) is 2. The predicted octanol–water partition coefficient (Wildman–Crippen LogP) is 2.92. The number of rotatable bonds is 2. The summed E-state index contributed by atoms with van der Waals surface area (Å²) < 4.78 is 16.2. The number of aromatic nitrogens is 1. The Labute approximate surface area is 118 Å². The summed E-state index contributed by atoms with van der Waals surface area (Å²) in [7, 11) is 0. The average Bonchev–Trinajstić information content (AvgIpc) is 3.11. The molecule has 0 radical (unpaired) electrons. The van der Waals surface area contributed by atoms with Crippen molar-refractivity contribution in [3.05, 3.63) is 42.0 Å². The molecule has 0 unspecified atom stereocenters. The maximum absolute atomic E-state index is 11.0. The van der Waals surface area contributed by atoms with Gasteiger partial charge in [0.1, 0.15) is 5.52 Å². The van der Waals surface area contributed by atoms with Crippen molar-refractivity contribution in [2.24, 2.45) is 0 Å². The smallest absolute Gasteiger partial charge is 0.335 e. The Balaban J connectivity index is 1.81. The molecule has 0 spiro atoms. The van der Waals surface area contributed by atoms with Crippen molar-refractivity contribution in [3.63, 3.8) is 0 Å². The number of hydrogen-bond donors (Lipinski definition) is 1. The van der Waals surface area contributed by atoms with Crippen LogP contribution >= 0.6 is 0 Å². The van der Waals surface area contributed by atoms with Gasteiger partial charge in [0.15, 0.2) is 17.1 Å². The van der Waals surface area contributed by atoms with Crippen LogP contribution in [-0.2, 0) is 0 Å². The Bertz CT molecular complexity index is 868. The zero-order chi connectivity index (χ0) is 14.4. The number of carboxylic acid groups (broad SMARTS) is 1. The summed E-state index contributed by atoms with van der Waals surface area (Å²) in [6, 6.07) is 9.97. The topological polar surface area (TPSA) is 81.8 Å². The van der Waals surface area contributed by atoms with Gasteiger partial charge < -0.3 is 19.0 Å². The van der Waals surface area contributed by atoms with Gasteiger partial charge in [-0.3, -0.25) is 0 Å². The SMILES string of the molecule is O=C(O)c1ccc2nc(-c3ccc4c(c3)OCO4)oc2c1. The Kier molecular flexibility index (Phi) is 2.38. The van der Waals surface area contributed by atoms with Crippen molar-refractivity contribution in [3.8, 4) is 23.0 Å². The van der Waals surface area contributed by atoms with Crippen LogP contribution in [0.4, 0.5) is 0 Å².